The van der Waals surface area contributed by atoms with Gasteiger partial charge in [-0.15, -0.1) is 12.4 Å². The predicted molar refractivity (Wildman–Crippen MR) is 71.5 cm³/mol. The average molecular weight is 258 g/mol. The maximum atomic E-state index is 5.30. The maximum absolute atomic E-state index is 5.30. The maximum Gasteiger partial charge on any atom is 0.160 e. The summed E-state index contributed by atoms with van der Waals surface area (Å²) in [5.41, 5.74) is 1.30. The Kier molecular flexibility index (Phi) is 5.59. The number of benzene rings is 1. The van der Waals surface area contributed by atoms with Crippen LogP contribution in [0.4, 0.5) is 0 Å². The minimum atomic E-state index is 0. The third kappa shape index (κ3) is 3.51. The van der Waals surface area contributed by atoms with E-state index in [9.17, 15) is 0 Å². The zero-order valence-corrected chi connectivity index (χ0v) is 11.2. The zero-order chi connectivity index (χ0) is 11.4. The molecule has 1 atom stereocenters. The van der Waals surface area contributed by atoms with E-state index in [0.717, 1.165) is 24.5 Å². The van der Waals surface area contributed by atoms with Crippen molar-refractivity contribution in [3.63, 3.8) is 0 Å². The summed E-state index contributed by atoms with van der Waals surface area (Å²) in [6.45, 7) is 1.15. The summed E-state index contributed by atoms with van der Waals surface area (Å²) in [4.78, 5) is 0. The molecule has 0 amide bonds. The van der Waals surface area contributed by atoms with E-state index in [4.69, 9.17) is 9.47 Å². The molecule has 17 heavy (non-hydrogen) atoms. The molecule has 1 saturated heterocycles. The Morgan fingerprint density at radius 1 is 1.24 bits per heavy atom. The minimum absolute atomic E-state index is 0. The molecule has 4 heteroatoms. The first kappa shape index (κ1) is 14.1. The van der Waals surface area contributed by atoms with Crippen molar-refractivity contribution in [3.05, 3.63) is 23.8 Å². The molecule has 0 bridgehead atoms. The molecule has 1 N–H and O–H groups in total. The topological polar surface area (TPSA) is 30.5 Å². The first-order valence-electron chi connectivity index (χ1n) is 5.78. The SMILES string of the molecule is COc1ccc(C[C@H]2CCCN2)cc1OC.Cl. The van der Waals surface area contributed by atoms with Crippen molar-refractivity contribution in [3.8, 4) is 11.5 Å². The van der Waals surface area contributed by atoms with Crippen LogP contribution in [-0.2, 0) is 6.42 Å². The van der Waals surface area contributed by atoms with Gasteiger partial charge in [0.05, 0.1) is 14.2 Å². The summed E-state index contributed by atoms with van der Waals surface area (Å²) in [7, 11) is 3.34. The largest absolute Gasteiger partial charge is 0.493 e. The van der Waals surface area contributed by atoms with Crippen LogP contribution in [0.5, 0.6) is 11.5 Å². The van der Waals surface area contributed by atoms with Gasteiger partial charge in [-0.2, -0.15) is 0 Å². The van der Waals surface area contributed by atoms with Crippen LogP contribution in [0.3, 0.4) is 0 Å². The summed E-state index contributed by atoms with van der Waals surface area (Å²) in [5.74, 6) is 1.61. The second-order valence-electron chi connectivity index (χ2n) is 4.19. The van der Waals surface area contributed by atoms with Gasteiger partial charge in [-0.1, -0.05) is 6.07 Å². The molecule has 0 radical (unpaired) electrons. The van der Waals surface area contributed by atoms with E-state index >= 15 is 0 Å². The lowest BCUT2D eigenvalue weighted by atomic mass is 10.0. The Bertz CT molecular complexity index is 351. The molecule has 0 spiro atoms. The van der Waals surface area contributed by atoms with E-state index in [1.165, 1.54) is 18.4 Å². The number of ether oxygens (including phenoxy) is 2. The minimum Gasteiger partial charge on any atom is -0.493 e. The molecule has 1 aromatic rings. The number of halogens is 1. The summed E-state index contributed by atoms with van der Waals surface area (Å²) in [6, 6.07) is 6.78. The Labute approximate surface area is 109 Å². The van der Waals surface area contributed by atoms with Crippen LogP contribution < -0.4 is 14.8 Å². The quantitative estimate of drug-likeness (QED) is 0.899. The van der Waals surface area contributed by atoms with Crippen molar-refractivity contribution in [1.82, 2.24) is 5.32 Å². The molecule has 1 aromatic carbocycles. The van der Waals surface area contributed by atoms with Gasteiger partial charge in [0.2, 0.25) is 0 Å². The summed E-state index contributed by atoms with van der Waals surface area (Å²) in [5, 5.41) is 3.50. The van der Waals surface area contributed by atoms with E-state index in [-0.39, 0.29) is 12.4 Å². The third-order valence-corrected chi connectivity index (χ3v) is 3.09. The van der Waals surface area contributed by atoms with Gasteiger partial charge in [-0.3, -0.25) is 0 Å². The standard InChI is InChI=1S/C13H19NO2.ClH/c1-15-12-6-5-10(9-13(12)16-2)8-11-4-3-7-14-11;/h5-6,9,11,14H,3-4,7-8H2,1-2H3;1H/t11-;/m1./s1. The Morgan fingerprint density at radius 3 is 2.59 bits per heavy atom. The molecular weight excluding hydrogens is 238 g/mol. The first-order chi connectivity index (χ1) is 7.83. The van der Waals surface area contributed by atoms with Crippen molar-refractivity contribution in [1.29, 1.82) is 0 Å². The van der Waals surface area contributed by atoms with Gasteiger partial charge in [0, 0.05) is 6.04 Å². The first-order valence-corrected chi connectivity index (χ1v) is 5.78. The van der Waals surface area contributed by atoms with Gasteiger partial charge in [-0.25, -0.2) is 0 Å². The second-order valence-corrected chi connectivity index (χ2v) is 4.19. The number of hydrogen-bond donors (Lipinski definition) is 1. The molecule has 0 unspecified atom stereocenters. The monoisotopic (exact) mass is 257 g/mol. The normalized spacial score (nSPS) is 18.6. The van der Waals surface area contributed by atoms with Crippen molar-refractivity contribution < 1.29 is 9.47 Å². The molecule has 1 aliphatic heterocycles. The van der Waals surface area contributed by atoms with Gasteiger partial charge in [0.1, 0.15) is 0 Å². The number of methoxy groups -OCH3 is 2. The van der Waals surface area contributed by atoms with E-state index in [1.807, 2.05) is 6.07 Å². The fourth-order valence-corrected chi connectivity index (χ4v) is 2.22. The lowest BCUT2D eigenvalue weighted by molar-refractivity contribution is 0.354. The van der Waals surface area contributed by atoms with Gasteiger partial charge < -0.3 is 14.8 Å². The number of rotatable bonds is 4. The van der Waals surface area contributed by atoms with Crippen LogP contribution in [0.1, 0.15) is 18.4 Å². The van der Waals surface area contributed by atoms with E-state index < -0.39 is 0 Å². The lowest BCUT2D eigenvalue weighted by Crippen LogP contribution is -2.23. The fourth-order valence-electron chi connectivity index (χ4n) is 2.22. The van der Waals surface area contributed by atoms with Crippen LogP contribution in [0, 0.1) is 0 Å². The molecule has 1 fully saturated rings. The van der Waals surface area contributed by atoms with Crippen molar-refractivity contribution in [2.24, 2.45) is 0 Å². The highest BCUT2D eigenvalue weighted by atomic mass is 35.5. The molecule has 1 aliphatic rings. The highest BCUT2D eigenvalue weighted by molar-refractivity contribution is 5.85. The highest BCUT2D eigenvalue weighted by Gasteiger charge is 2.15. The van der Waals surface area contributed by atoms with Crippen molar-refractivity contribution >= 4 is 12.4 Å². The number of hydrogen-bond acceptors (Lipinski definition) is 3. The van der Waals surface area contributed by atoms with Crippen LogP contribution in [0.15, 0.2) is 18.2 Å². The second kappa shape index (κ2) is 6.72. The molecule has 3 nitrogen and oxygen atoms in total. The van der Waals surface area contributed by atoms with Crippen molar-refractivity contribution in [2.45, 2.75) is 25.3 Å². The molecular formula is C13H20ClNO2. The molecule has 0 aromatic heterocycles. The Hall–Kier alpha value is -0.930. The Balaban J connectivity index is 0.00000144. The molecule has 0 saturated carbocycles. The van der Waals surface area contributed by atoms with Crippen molar-refractivity contribution in [2.75, 3.05) is 20.8 Å². The lowest BCUT2D eigenvalue weighted by Gasteiger charge is -2.13. The highest BCUT2D eigenvalue weighted by Crippen LogP contribution is 2.28. The summed E-state index contributed by atoms with van der Waals surface area (Å²) >= 11 is 0. The van der Waals surface area contributed by atoms with Crippen LogP contribution in [-0.4, -0.2) is 26.8 Å². The van der Waals surface area contributed by atoms with E-state index in [1.54, 1.807) is 14.2 Å². The molecule has 2 rings (SSSR count). The van der Waals surface area contributed by atoms with Gasteiger partial charge in [-0.05, 0) is 43.5 Å². The van der Waals surface area contributed by atoms with Gasteiger partial charge >= 0.3 is 0 Å². The van der Waals surface area contributed by atoms with E-state index in [0.29, 0.717) is 6.04 Å². The van der Waals surface area contributed by atoms with Crippen LogP contribution in [0.2, 0.25) is 0 Å². The van der Waals surface area contributed by atoms with Crippen LogP contribution >= 0.6 is 12.4 Å². The summed E-state index contributed by atoms with van der Waals surface area (Å²) < 4.78 is 10.5. The Morgan fingerprint density at radius 2 is 2.00 bits per heavy atom. The molecule has 96 valence electrons. The smallest absolute Gasteiger partial charge is 0.160 e. The number of nitrogens with one attached hydrogen (secondary N) is 1. The molecule has 0 aliphatic carbocycles. The van der Waals surface area contributed by atoms with Crippen LogP contribution in [0.25, 0.3) is 0 Å². The zero-order valence-electron chi connectivity index (χ0n) is 10.4. The fraction of sp³-hybridized carbons (Fsp3) is 0.538. The van der Waals surface area contributed by atoms with Gasteiger partial charge in [0.25, 0.3) is 0 Å². The summed E-state index contributed by atoms with van der Waals surface area (Å²) in [6.07, 6.45) is 3.63. The third-order valence-electron chi connectivity index (χ3n) is 3.09. The predicted octanol–water partition coefficient (Wildman–Crippen LogP) is 2.42. The van der Waals surface area contributed by atoms with Gasteiger partial charge in [0.15, 0.2) is 11.5 Å². The van der Waals surface area contributed by atoms with E-state index in [2.05, 4.69) is 17.4 Å². The average Bonchev–Trinajstić information content (AvgIpc) is 2.81. The molecule has 1 heterocycles.